The molecule has 1 aromatic rings. The van der Waals surface area contributed by atoms with E-state index in [1.165, 1.54) is 19.1 Å². The van der Waals surface area contributed by atoms with Crippen molar-refractivity contribution in [1.29, 1.82) is 0 Å². The SMILES string of the molecule is C[C@H](O)[C@@H](O)[C@H](O)C(CO)=NC(=O)c1ccccc1. The van der Waals surface area contributed by atoms with Crippen LogP contribution in [-0.2, 0) is 0 Å². The van der Waals surface area contributed by atoms with Crippen molar-refractivity contribution in [2.45, 2.75) is 25.2 Å². The molecule has 0 saturated heterocycles. The third-order valence-corrected chi connectivity index (χ3v) is 2.59. The summed E-state index contributed by atoms with van der Waals surface area (Å²) in [6.07, 6.45) is -4.33. The van der Waals surface area contributed by atoms with Gasteiger partial charge in [0.1, 0.15) is 12.2 Å². The zero-order valence-electron chi connectivity index (χ0n) is 10.5. The van der Waals surface area contributed by atoms with Crippen LogP contribution >= 0.6 is 0 Å². The molecule has 6 heteroatoms. The lowest BCUT2D eigenvalue weighted by molar-refractivity contribution is -0.0270. The van der Waals surface area contributed by atoms with Crippen LogP contribution in [0.4, 0.5) is 0 Å². The molecule has 104 valence electrons. The van der Waals surface area contributed by atoms with Crippen molar-refractivity contribution in [1.82, 2.24) is 0 Å². The molecule has 1 aromatic carbocycles. The maximum Gasteiger partial charge on any atom is 0.277 e. The summed E-state index contributed by atoms with van der Waals surface area (Å²) in [5.41, 5.74) is 0.00874. The van der Waals surface area contributed by atoms with Gasteiger partial charge in [0.05, 0.1) is 18.4 Å². The first-order chi connectivity index (χ1) is 8.97. The Morgan fingerprint density at radius 2 is 1.79 bits per heavy atom. The van der Waals surface area contributed by atoms with E-state index in [1.54, 1.807) is 18.2 Å². The molecule has 0 aromatic heterocycles. The largest absolute Gasteiger partial charge is 0.391 e. The lowest BCUT2D eigenvalue weighted by atomic mass is 10.0. The highest BCUT2D eigenvalue weighted by Crippen LogP contribution is 2.06. The van der Waals surface area contributed by atoms with E-state index < -0.39 is 30.8 Å². The molecule has 0 heterocycles. The van der Waals surface area contributed by atoms with E-state index in [0.29, 0.717) is 5.56 Å². The number of aliphatic imine (C=N–C) groups is 1. The van der Waals surface area contributed by atoms with Crippen LogP contribution < -0.4 is 0 Å². The summed E-state index contributed by atoms with van der Waals surface area (Å²) < 4.78 is 0. The second-order valence-corrected chi connectivity index (χ2v) is 4.11. The number of benzene rings is 1. The van der Waals surface area contributed by atoms with Crippen molar-refractivity contribution in [2.75, 3.05) is 6.61 Å². The first kappa shape index (κ1) is 15.5. The van der Waals surface area contributed by atoms with E-state index in [1.807, 2.05) is 0 Å². The second kappa shape index (κ2) is 7.10. The van der Waals surface area contributed by atoms with Crippen molar-refractivity contribution < 1.29 is 25.2 Å². The smallest absolute Gasteiger partial charge is 0.277 e. The number of nitrogens with zero attached hydrogens (tertiary/aromatic N) is 1. The molecule has 0 saturated carbocycles. The highest BCUT2D eigenvalue weighted by molar-refractivity contribution is 6.05. The fourth-order valence-electron chi connectivity index (χ4n) is 1.43. The molecular formula is C13H17NO5. The molecule has 19 heavy (non-hydrogen) atoms. The van der Waals surface area contributed by atoms with Crippen molar-refractivity contribution >= 4 is 11.6 Å². The number of carbonyl (C=O) groups excluding carboxylic acids is 1. The molecule has 0 aliphatic heterocycles. The Hall–Kier alpha value is -1.60. The third-order valence-electron chi connectivity index (χ3n) is 2.59. The van der Waals surface area contributed by atoms with Gasteiger partial charge in [-0.15, -0.1) is 0 Å². The van der Waals surface area contributed by atoms with E-state index in [0.717, 1.165) is 0 Å². The quantitative estimate of drug-likeness (QED) is 0.531. The van der Waals surface area contributed by atoms with Crippen LogP contribution in [-0.4, -0.2) is 57.0 Å². The van der Waals surface area contributed by atoms with Gasteiger partial charge in [0.25, 0.3) is 5.91 Å². The molecule has 0 radical (unpaired) electrons. The average molecular weight is 267 g/mol. The molecule has 0 bridgehead atoms. The number of hydrogen-bond donors (Lipinski definition) is 4. The van der Waals surface area contributed by atoms with Crippen molar-refractivity contribution in [3.05, 3.63) is 35.9 Å². The molecule has 0 spiro atoms. The monoisotopic (exact) mass is 267 g/mol. The summed E-state index contributed by atoms with van der Waals surface area (Å²) in [5.74, 6) is -0.638. The predicted molar refractivity (Wildman–Crippen MR) is 69.0 cm³/mol. The van der Waals surface area contributed by atoms with E-state index >= 15 is 0 Å². The minimum Gasteiger partial charge on any atom is -0.391 e. The summed E-state index contributed by atoms with van der Waals surface area (Å²) in [6.45, 7) is 0.589. The van der Waals surface area contributed by atoms with Crippen molar-refractivity contribution in [3.63, 3.8) is 0 Å². The average Bonchev–Trinajstić information content (AvgIpc) is 2.43. The lowest BCUT2D eigenvalue weighted by Crippen LogP contribution is -2.42. The molecule has 1 rings (SSSR count). The summed E-state index contributed by atoms with van der Waals surface area (Å²) in [4.78, 5) is 15.3. The molecule has 0 fully saturated rings. The van der Waals surface area contributed by atoms with Gasteiger partial charge in [-0.05, 0) is 19.1 Å². The van der Waals surface area contributed by atoms with E-state index in [4.69, 9.17) is 10.2 Å². The Kier molecular flexibility index (Phi) is 5.78. The third kappa shape index (κ3) is 4.22. The molecule has 3 atom stereocenters. The number of aliphatic hydroxyl groups excluding tert-OH is 4. The zero-order chi connectivity index (χ0) is 14.4. The molecule has 4 N–H and O–H groups in total. The fraction of sp³-hybridized carbons (Fsp3) is 0.385. The van der Waals surface area contributed by atoms with Gasteiger partial charge in [-0.2, -0.15) is 0 Å². The number of hydrogen-bond acceptors (Lipinski definition) is 5. The second-order valence-electron chi connectivity index (χ2n) is 4.11. The van der Waals surface area contributed by atoms with Crippen LogP contribution in [0.1, 0.15) is 17.3 Å². The fourth-order valence-corrected chi connectivity index (χ4v) is 1.43. The van der Waals surface area contributed by atoms with Gasteiger partial charge in [-0.25, -0.2) is 4.99 Å². The molecule has 1 amide bonds. The Labute approximate surface area is 110 Å². The van der Waals surface area contributed by atoms with Crippen molar-refractivity contribution in [3.8, 4) is 0 Å². The number of amides is 1. The van der Waals surface area contributed by atoms with Gasteiger partial charge < -0.3 is 20.4 Å². The predicted octanol–water partition coefficient (Wildman–Crippen LogP) is -0.637. The first-order valence-corrected chi connectivity index (χ1v) is 5.79. The normalized spacial score (nSPS) is 16.8. The van der Waals surface area contributed by atoms with Crippen molar-refractivity contribution in [2.24, 2.45) is 4.99 Å². The number of carbonyl (C=O) groups is 1. The summed E-state index contributed by atoms with van der Waals surface area (Å²) >= 11 is 0. The minimum atomic E-state index is -1.60. The Morgan fingerprint density at radius 3 is 2.26 bits per heavy atom. The van der Waals surface area contributed by atoms with E-state index in [2.05, 4.69) is 4.99 Å². The molecule has 0 aliphatic rings. The molecule has 0 unspecified atom stereocenters. The Balaban J connectivity index is 2.91. The van der Waals surface area contributed by atoms with Gasteiger partial charge in [0.2, 0.25) is 0 Å². The highest BCUT2D eigenvalue weighted by atomic mass is 16.4. The molecule has 0 aliphatic carbocycles. The van der Waals surface area contributed by atoms with Crippen LogP contribution in [0, 0.1) is 0 Å². The van der Waals surface area contributed by atoms with Gasteiger partial charge >= 0.3 is 0 Å². The molecular weight excluding hydrogens is 250 g/mol. The Bertz CT molecular complexity index is 444. The van der Waals surface area contributed by atoms with Crippen LogP contribution in [0.3, 0.4) is 0 Å². The summed E-state index contributed by atoms with van der Waals surface area (Å²) in [7, 11) is 0. The van der Waals surface area contributed by atoms with Gasteiger partial charge in [0, 0.05) is 5.56 Å². The van der Waals surface area contributed by atoms with E-state index in [-0.39, 0.29) is 5.71 Å². The lowest BCUT2D eigenvalue weighted by Gasteiger charge is -2.20. The molecule has 6 nitrogen and oxygen atoms in total. The Morgan fingerprint density at radius 1 is 1.21 bits per heavy atom. The maximum atomic E-state index is 11.8. The number of aliphatic hydroxyl groups is 4. The van der Waals surface area contributed by atoms with Crippen LogP contribution in [0.5, 0.6) is 0 Å². The van der Waals surface area contributed by atoms with Gasteiger partial charge in [-0.3, -0.25) is 4.79 Å². The standard InChI is InChI=1S/C13H17NO5/c1-8(16)11(17)12(18)10(7-15)14-13(19)9-5-3-2-4-6-9/h2-6,8,11-12,15-18H,7H2,1H3/t8-,11+,12+/m0/s1. The van der Waals surface area contributed by atoms with Crippen LogP contribution in [0.2, 0.25) is 0 Å². The van der Waals surface area contributed by atoms with Gasteiger partial charge in [-0.1, -0.05) is 18.2 Å². The topological polar surface area (TPSA) is 110 Å². The van der Waals surface area contributed by atoms with Crippen LogP contribution in [0.15, 0.2) is 35.3 Å². The van der Waals surface area contributed by atoms with Gasteiger partial charge in [0.15, 0.2) is 0 Å². The summed E-state index contributed by atoms with van der Waals surface area (Å²) in [5, 5.41) is 37.4. The minimum absolute atomic E-state index is 0.290. The zero-order valence-corrected chi connectivity index (χ0v) is 10.5. The highest BCUT2D eigenvalue weighted by Gasteiger charge is 2.26. The first-order valence-electron chi connectivity index (χ1n) is 5.79. The summed E-state index contributed by atoms with van der Waals surface area (Å²) in [6, 6.07) is 8.13. The number of rotatable bonds is 5. The van der Waals surface area contributed by atoms with E-state index in [9.17, 15) is 15.0 Å². The van der Waals surface area contributed by atoms with Crippen LogP contribution in [0.25, 0.3) is 0 Å². The maximum absolute atomic E-state index is 11.8.